The van der Waals surface area contributed by atoms with Crippen LogP contribution >= 0.6 is 11.6 Å². The maximum atomic E-state index is 12.5. The number of aryl methyl sites for hydroxylation is 1. The Labute approximate surface area is 135 Å². The lowest BCUT2D eigenvalue weighted by molar-refractivity contribution is 0.598. The summed E-state index contributed by atoms with van der Waals surface area (Å²) in [6.07, 6.45) is 2.79. The van der Waals surface area contributed by atoms with E-state index in [1.54, 1.807) is 24.3 Å². The second kappa shape index (κ2) is 6.36. The summed E-state index contributed by atoms with van der Waals surface area (Å²) in [6.45, 7) is 1.85. The molecule has 1 atom stereocenters. The van der Waals surface area contributed by atoms with Gasteiger partial charge in [-0.3, -0.25) is 0 Å². The Morgan fingerprint density at radius 1 is 1.14 bits per heavy atom. The lowest BCUT2D eigenvalue weighted by Gasteiger charge is -2.06. The van der Waals surface area contributed by atoms with Crippen LogP contribution in [0.3, 0.4) is 0 Å². The first kappa shape index (κ1) is 16.9. The van der Waals surface area contributed by atoms with Gasteiger partial charge in [0, 0.05) is 12.5 Å². The van der Waals surface area contributed by atoms with Gasteiger partial charge in [-0.15, -0.1) is 3.77 Å². The highest BCUT2D eigenvalue weighted by Crippen LogP contribution is 2.17. The molecular weight excluding hydrogens is 344 g/mol. The van der Waals surface area contributed by atoms with Crippen molar-refractivity contribution in [3.05, 3.63) is 58.9 Å². The zero-order valence-corrected chi connectivity index (χ0v) is 14.5. The predicted molar refractivity (Wildman–Crippen MR) is 87.8 cm³/mol. The SMILES string of the molecule is Cc1ccc(S(=O)(=O)N=S(C)(=O)Cc2ccnc(Cl)c2)cc1. The largest absolute Gasteiger partial charge is 0.290 e. The molecule has 0 bridgehead atoms. The van der Waals surface area contributed by atoms with Crippen LogP contribution in [0.5, 0.6) is 0 Å². The second-order valence-corrected chi connectivity index (χ2v) is 9.57. The van der Waals surface area contributed by atoms with Gasteiger partial charge in [-0.2, -0.15) is 8.42 Å². The zero-order chi connectivity index (χ0) is 16.4. The van der Waals surface area contributed by atoms with Crippen LogP contribution in [0.2, 0.25) is 5.15 Å². The van der Waals surface area contributed by atoms with Crippen molar-refractivity contribution in [3.63, 3.8) is 0 Å². The van der Waals surface area contributed by atoms with E-state index in [1.165, 1.54) is 24.6 Å². The molecule has 118 valence electrons. The molecule has 0 saturated heterocycles. The highest BCUT2D eigenvalue weighted by Gasteiger charge is 2.16. The number of aromatic nitrogens is 1. The fourth-order valence-electron chi connectivity index (χ4n) is 1.83. The number of rotatable bonds is 4. The van der Waals surface area contributed by atoms with Gasteiger partial charge in [0.05, 0.1) is 20.4 Å². The minimum Gasteiger partial charge on any atom is -0.249 e. The smallest absolute Gasteiger partial charge is 0.249 e. The molecule has 0 aliphatic heterocycles. The molecule has 0 saturated carbocycles. The minimum atomic E-state index is -3.96. The number of benzene rings is 1. The van der Waals surface area contributed by atoms with Crippen molar-refractivity contribution in [1.29, 1.82) is 0 Å². The third kappa shape index (κ3) is 4.53. The van der Waals surface area contributed by atoms with Crippen molar-refractivity contribution in [1.82, 2.24) is 4.98 Å². The van der Waals surface area contributed by atoms with Crippen LogP contribution < -0.4 is 0 Å². The summed E-state index contributed by atoms with van der Waals surface area (Å²) < 4.78 is 40.6. The van der Waals surface area contributed by atoms with E-state index >= 15 is 0 Å². The molecule has 2 rings (SSSR count). The summed E-state index contributed by atoms with van der Waals surface area (Å²) in [7, 11) is -6.93. The first-order valence-electron chi connectivity index (χ1n) is 6.31. The molecule has 0 aliphatic rings. The van der Waals surface area contributed by atoms with Gasteiger partial charge in [-0.1, -0.05) is 29.3 Å². The van der Waals surface area contributed by atoms with Gasteiger partial charge in [0.25, 0.3) is 10.0 Å². The van der Waals surface area contributed by atoms with Crippen LogP contribution in [0, 0.1) is 6.92 Å². The predicted octanol–water partition coefficient (Wildman–Crippen LogP) is 3.03. The molecule has 5 nitrogen and oxygen atoms in total. The summed E-state index contributed by atoms with van der Waals surface area (Å²) in [6, 6.07) is 9.41. The van der Waals surface area contributed by atoms with E-state index in [0.717, 1.165) is 5.56 Å². The minimum absolute atomic E-state index is 0.0136. The summed E-state index contributed by atoms with van der Waals surface area (Å²) in [4.78, 5) is 3.85. The fraction of sp³-hybridized carbons (Fsp3) is 0.214. The Morgan fingerprint density at radius 3 is 2.36 bits per heavy atom. The molecular formula is C14H15ClN2O3S2. The van der Waals surface area contributed by atoms with Gasteiger partial charge < -0.3 is 0 Å². The lowest BCUT2D eigenvalue weighted by atomic mass is 10.2. The molecule has 0 N–H and O–H groups in total. The van der Waals surface area contributed by atoms with Crippen molar-refractivity contribution < 1.29 is 12.6 Å². The monoisotopic (exact) mass is 358 g/mol. The molecule has 8 heteroatoms. The van der Waals surface area contributed by atoms with Crippen molar-refractivity contribution in [2.24, 2.45) is 3.77 Å². The average Bonchev–Trinajstić information content (AvgIpc) is 2.37. The Hall–Kier alpha value is -1.44. The summed E-state index contributed by atoms with van der Waals surface area (Å²) in [5, 5.41) is 0.258. The molecule has 0 spiro atoms. The molecule has 1 heterocycles. The zero-order valence-electron chi connectivity index (χ0n) is 12.1. The van der Waals surface area contributed by atoms with E-state index in [4.69, 9.17) is 11.6 Å². The Kier molecular flexibility index (Phi) is 4.89. The summed E-state index contributed by atoms with van der Waals surface area (Å²) in [5.74, 6) is -0.0136. The molecule has 22 heavy (non-hydrogen) atoms. The van der Waals surface area contributed by atoms with E-state index in [1.807, 2.05) is 6.92 Å². The molecule has 1 aromatic heterocycles. The van der Waals surface area contributed by atoms with Gasteiger partial charge in [-0.05, 0) is 36.8 Å². The lowest BCUT2D eigenvalue weighted by Crippen LogP contribution is -2.07. The van der Waals surface area contributed by atoms with Crippen molar-refractivity contribution in [2.75, 3.05) is 6.26 Å². The summed E-state index contributed by atoms with van der Waals surface area (Å²) >= 11 is 5.76. The van der Waals surface area contributed by atoms with Crippen molar-refractivity contribution >= 4 is 31.4 Å². The Bertz CT molecular complexity index is 900. The number of sulfonamides is 1. The number of hydrogen-bond donors (Lipinski definition) is 0. The third-order valence-electron chi connectivity index (χ3n) is 2.80. The van der Waals surface area contributed by atoms with Gasteiger partial charge in [-0.25, -0.2) is 9.19 Å². The first-order valence-corrected chi connectivity index (χ1v) is 10.2. The Balaban J connectivity index is 2.37. The topological polar surface area (TPSA) is 76.5 Å². The van der Waals surface area contributed by atoms with Crippen LogP contribution in [0.4, 0.5) is 0 Å². The molecule has 1 aromatic carbocycles. The molecule has 2 aromatic rings. The highest BCUT2D eigenvalue weighted by atomic mass is 35.5. The van der Waals surface area contributed by atoms with Crippen LogP contribution in [0.15, 0.2) is 51.3 Å². The van der Waals surface area contributed by atoms with E-state index in [0.29, 0.717) is 5.56 Å². The quantitative estimate of drug-likeness (QED) is 0.787. The average molecular weight is 359 g/mol. The second-order valence-electron chi connectivity index (χ2n) is 4.95. The maximum absolute atomic E-state index is 12.5. The summed E-state index contributed by atoms with van der Waals surface area (Å²) in [5.41, 5.74) is 1.55. The third-order valence-corrected chi connectivity index (χ3v) is 6.79. The standard InChI is InChI=1S/C14H15ClN2O3S2/c1-11-3-5-13(6-4-11)22(19,20)17-21(2,18)10-12-7-8-16-14(15)9-12/h3-9H,10H2,1-2H3. The molecule has 0 amide bonds. The van der Waals surface area contributed by atoms with Gasteiger partial charge >= 0.3 is 0 Å². The van der Waals surface area contributed by atoms with Gasteiger partial charge in [0.2, 0.25) is 0 Å². The highest BCUT2D eigenvalue weighted by molar-refractivity contribution is 8.02. The number of halogens is 1. The number of hydrogen-bond acceptors (Lipinski definition) is 4. The van der Waals surface area contributed by atoms with Gasteiger partial charge in [0.15, 0.2) is 0 Å². The van der Waals surface area contributed by atoms with E-state index < -0.39 is 19.8 Å². The van der Waals surface area contributed by atoms with Crippen LogP contribution in [0.25, 0.3) is 0 Å². The van der Waals surface area contributed by atoms with Crippen LogP contribution in [0.1, 0.15) is 11.1 Å². The molecule has 0 radical (unpaired) electrons. The van der Waals surface area contributed by atoms with E-state index in [9.17, 15) is 12.6 Å². The van der Waals surface area contributed by atoms with Gasteiger partial charge in [0.1, 0.15) is 5.15 Å². The van der Waals surface area contributed by atoms with E-state index in [2.05, 4.69) is 8.75 Å². The first-order chi connectivity index (χ1) is 10.2. The Morgan fingerprint density at radius 2 is 1.77 bits per heavy atom. The van der Waals surface area contributed by atoms with E-state index in [-0.39, 0.29) is 15.8 Å². The van der Waals surface area contributed by atoms with Crippen LogP contribution in [-0.4, -0.2) is 23.9 Å². The normalized spacial score (nSPS) is 14.3. The number of nitrogens with zero attached hydrogens (tertiary/aromatic N) is 2. The maximum Gasteiger partial charge on any atom is 0.290 e. The molecule has 0 aliphatic carbocycles. The molecule has 1 unspecified atom stereocenters. The number of pyridine rings is 1. The molecule has 0 fully saturated rings. The van der Waals surface area contributed by atoms with Crippen molar-refractivity contribution in [3.8, 4) is 0 Å². The fourth-order valence-corrected chi connectivity index (χ4v) is 5.52. The van der Waals surface area contributed by atoms with Crippen LogP contribution in [-0.2, 0) is 25.5 Å². The van der Waals surface area contributed by atoms with Crippen molar-refractivity contribution in [2.45, 2.75) is 17.6 Å².